The van der Waals surface area contributed by atoms with Crippen molar-refractivity contribution in [3.63, 3.8) is 0 Å². The lowest BCUT2D eigenvalue weighted by atomic mass is 10.1. The van der Waals surface area contributed by atoms with Crippen LogP contribution in [-0.2, 0) is 0 Å². The molecule has 14 heavy (non-hydrogen) atoms. The van der Waals surface area contributed by atoms with Crippen LogP contribution < -0.4 is 0 Å². The summed E-state index contributed by atoms with van der Waals surface area (Å²) in [5.41, 5.74) is 7.31. The van der Waals surface area contributed by atoms with Crippen molar-refractivity contribution >= 4 is 12.7 Å². The van der Waals surface area contributed by atoms with E-state index in [9.17, 15) is 0 Å². The topological polar surface area (TPSA) is 0 Å². The Morgan fingerprint density at radius 3 is 1.93 bits per heavy atom. The predicted molar refractivity (Wildman–Crippen MR) is 67.5 cm³/mol. The van der Waals surface area contributed by atoms with E-state index in [-0.39, 0.29) is 0 Å². The molecule has 0 amide bonds. The molecule has 0 fully saturated rings. The smallest absolute Gasteiger partial charge is 0.00630 e. The molecule has 0 aromatic heterocycles. The molecule has 0 N–H and O–H groups in total. The summed E-state index contributed by atoms with van der Waals surface area (Å²) in [6.07, 6.45) is 0. The minimum absolute atomic E-state index is 1.03. The first-order valence-corrected chi connectivity index (χ1v) is 7.77. The lowest BCUT2D eigenvalue weighted by molar-refractivity contribution is 1.31. The standard InChI is InChI=1S/C13H18P/c1-8-9(2)12-7-14(5,6)11(4)13(12)10(8)3/h1-6H3. The summed E-state index contributed by atoms with van der Waals surface area (Å²) in [6.45, 7) is 12.7. The second-order valence-corrected chi connectivity index (χ2v) is 8.58. The summed E-state index contributed by atoms with van der Waals surface area (Å²) >= 11 is 0. The van der Waals surface area contributed by atoms with Crippen LogP contribution in [0.3, 0.4) is 0 Å². The Hall–Kier alpha value is -0.480. The van der Waals surface area contributed by atoms with Crippen molar-refractivity contribution in [2.75, 3.05) is 13.3 Å². The zero-order valence-electron chi connectivity index (χ0n) is 9.95. The molecule has 1 aliphatic heterocycles. The van der Waals surface area contributed by atoms with E-state index >= 15 is 0 Å². The molecule has 0 spiro atoms. The minimum atomic E-state index is -1.03. The van der Waals surface area contributed by atoms with Crippen molar-refractivity contribution in [2.45, 2.75) is 27.7 Å². The molecule has 75 valence electrons. The fraction of sp³-hybridized carbons (Fsp3) is 0.462. The molecule has 2 rings (SSSR count). The van der Waals surface area contributed by atoms with E-state index in [0.29, 0.717) is 0 Å². The molecule has 0 saturated carbocycles. The fourth-order valence-corrected chi connectivity index (χ4v) is 4.11. The van der Waals surface area contributed by atoms with E-state index in [1.165, 1.54) is 27.9 Å². The second-order valence-electron chi connectivity index (χ2n) is 4.78. The molecule has 0 atom stereocenters. The van der Waals surface area contributed by atoms with E-state index < -0.39 is 6.89 Å². The Bertz CT molecular complexity index is 461. The Morgan fingerprint density at radius 1 is 0.857 bits per heavy atom. The zero-order chi connectivity index (χ0) is 10.7. The van der Waals surface area contributed by atoms with Crippen LogP contribution in [0.25, 0.3) is 0 Å². The molecule has 0 aromatic rings. The SMILES string of the molecule is CC1=C(C)C2=C(C)P(C)(C)=[C]C2=C1C. The molecule has 0 nitrogen and oxygen atoms in total. The summed E-state index contributed by atoms with van der Waals surface area (Å²) in [4.78, 5) is 0. The van der Waals surface area contributed by atoms with Gasteiger partial charge in [-0.05, 0) is 80.0 Å². The molecular weight excluding hydrogens is 187 g/mol. The maximum absolute atomic E-state index is 3.73. The van der Waals surface area contributed by atoms with Gasteiger partial charge in [0.15, 0.2) is 0 Å². The third-order valence-corrected chi connectivity index (χ3v) is 6.40. The predicted octanol–water partition coefficient (Wildman–Crippen LogP) is 3.90. The van der Waals surface area contributed by atoms with Crippen molar-refractivity contribution in [1.29, 1.82) is 0 Å². The molecule has 1 aliphatic carbocycles. The molecule has 1 heterocycles. The third kappa shape index (κ3) is 1.07. The lowest BCUT2D eigenvalue weighted by Gasteiger charge is -2.12. The summed E-state index contributed by atoms with van der Waals surface area (Å²) < 4.78 is 0. The zero-order valence-corrected chi connectivity index (χ0v) is 10.8. The number of fused-ring (bicyclic) bond motifs is 1. The van der Waals surface area contributed by atoms with E-state index in [1.54, 1.807) is 5.31 Å². The maximum atomic E-state index is 3.73. The summed E-state index contributed by atoms with van der Waals surface area (Å²) in [5, 5.41) is 1.58. The molecule has 0 saturated heterocycles. The van der Waals surface area contributed by atoms with E-state index in [2.05, 4.69) is 46.8 Å². The highest BCUT2D eigenvalue weighted by molar-refractivity contribution is 7.78. The highest BCUT2D eigenvalue weighted by Gasteiger charge is 2.30. The van der Waals surface area contributed by atoms with Crippen LogP contribution in [0.4, 0.5) is 0 Å². The van der Waals surface area contributed by atoms with Crippen LogP contribution in [0.15, 0.2) is 33.2 Å². The molecule has 0 aromatic carbocycles. The van der Waals surface area contributed by atoms with Gasteiger partial charge >= 0.3 is 0 Å². The van der Waals surface area contributed by atoms with Crippen LogP contribution >= 0.6 is 6.89 Å². The van der Waals surface area contributed by atoms with Crippen molar-refractivity contribution in [2.24, 2.45) is 0 Å². The number of hydrogen-bond acceptors (Lipinski definition) is 0. The van der Waals surface area contributed by atoms with Crippen LogP contribution in [-0.4, -0.2) is 19.1 Å². The van der Waals surface area contributed by atoms with Crippen LogP contribution in [0, 0.1) is 0 Å². The first-order chi connectivity index (χ1) is 6.36. The Kier molecular flexibility index (Phi) is 1.98. The van der Waals surface area contributed by atoms with Gasteiger partial charge in [-0.15, -0.1) is 0 Å². The van der Waals surface area contributed by atoms with Gasteiger partial charge < -0.3 is 0 Å². The van der Waals surface area contributed by atoms with Gasteiger partial charge in [-0.25, -0.2) is 0 Å². The number of hydrogen-bond donors (Lipinski definition) is 0. The summed E-state index contributed by atoms with van der Waals surface area (Å²) in [7, 11) is 0. The normalized spacial score (nSPS) is 24.7. The quantitative estimate of drug-likeness (QED) is 0.526. The van der Waals surface area contributed by atoms with Gasteiger partial charge in [0, 0.05) is 0 Å². The van der Waals surface area contributed by atoms with Gasteiger partial charge in [0.25, 0.3) is 0 Å². The van der Waals surface area contributed by atoms with Crippen molar-refractivity contribution in [1.82, 2.24) is 0 Å². The molecule has 0 unspecified atom stereocenters. The first kappa shape index (κ1) is 10.1. The average molecular weight is 205 g/mol. The van der Waals surface area contributed by atoms with Gasteiger partial charge in [-0.3, -0.25) is 0 Å². The Morgan fingerprint density at radius 2 is 1.43 bits per heavy atom. The highest BCUT2D eigenvalue weighted by atomic mass is 31.2. The Balaban J connectivity index is 2.77. The second kappa shape index (κ2) is 2.76. The maximum Gasteiger partial charge on any atom is -0.00630 e. The van der Waals surface area contributed by atoms with Crippen LogP contribution in [0.2, 0.25) is 0 Å². The van der Waals surface area contributed by atoms with Crippen LogP contribution in [0.1, 0.15) is 27.7 Å². The summed E-state index contributed by atoms with van der Waals surface area (Å²) in [5.74, 6) is 3.73. The van der Waals surface area contributed by atoms with E-state index in [1.807, 2.05) is 0 Å². The summed E-state index contributed by atoms with van der Waals surface area (Å²) in [6, 6.07) is 0. The van der Waals surface area contributed by atoms with Gasteiger partial charge in [-0.1, -0.05) is 6.89 Å². The van der Waals surface area contributed by atoms with E-state index in [4.69, 9.17) is 0 Å². The van der Waals surface area contributed by atoms with Crippen molar-refractivity contribution in [3.8, 4) is 0 Å². The fourth-order valence-electron chi connectivity index (χ4n) is 2.27. The lowest BCUT2D eigenvalue weighted by Crippen LogP contribution is -1.84. The molecule has 1 heteroatoms. The minimum Gasteiger partial charge on any atom is -0.0783 e. The molecule has 0 bridgehead atoms. The molecule has 2 aliphatic rings. The van der Waals surface area contributed by atoms with Crippen LogP contribution in [0.5, 0.6) is 0 Å². The van der Waals surface area contributed by atoms with Gasteiger partial charge in [0.1, 0.15) is 0 Å². The monoisotopic (exact) mass is 205 g/mol. The van der Waals surface area contributed by atoms with Gasteiger partial charge in [0.2, 0.25) is 0 Å². The van der Waals surface area contributed by atoms with Gasteiger partial charge in [-0.2, -0.15) is 0 Å². The van der Waals surface area contributed by atoms with E-state index in [0.717, 1.165) is 0 Å². The highest BCUT2D eigenvalue weighted by Crippen LogP contribution is 2.59. The largest absolute Gasteiger partial charge is 0.0783 e. The first-order valence-electron chi connectivity index (χ1n) is 5.09. The molecule has 1 radical (unpaired) electrons. The average Bonchev–Trinajstić information content (AvgIpc) is 2.44. The van der Waals surface area contributed by atoms with Crippen molar-refractivity contribution < 1.29 is 0 Å². The molecular formula is C13H18P. The van der Waals surface area contributed by atoms with Crippen molar-refractivity contribution in [3.05, 3.63) is 33.2 Å². The third-order valence-electron chi connectivity index (χ3n) is 3.72. The number of allylic oxidation sites excluding steroid dienone is 6. The number of rotatable bonds is 0. The Labute approximate surface area is 87.4 Å². The van der Waals surface area contributed by atoms with Gasteiger partial charge in [0.05, 0.1) is 0 Å².